The number of nitro groups is 1. The van der Waals surface area contributed by atoms with Crippen molar-refractivity contribution >= 4 is 17.3 Å². The highest BCUT2D eigenvalue weighted by Gasteiger charge is 2.22. The van der Waals surface area contributed by atoms with Gasteiger partial charge in [0, 0.05) is 23.9 Å². The van der Waals surface area contributed by atoms with Crippen LogP contribution in [0.5, 0.6) is 0 Å². The summed E-state index contributed by atoms with van der Waals surface area (Å²) in [6.07, 6.45) is 0. The van der Waals surface area contributed by atoms with E-state index in [0.29, 0.717) is 12.1 Å². The minimum absolute atomic E-state index is 0.0664. The van der Waals surface area contributed by atoms with E-state index in [9.17, 15) is 14.9 Å². The average molecular weight is 341 g/mol. The van der Waals surface area contributed by atoms with E-state index in [2.05, 4.69) is 5.32 Å². The van der Waals surface area contributed by atoms with Gasteiger partial charge < -0.3 is 5.32 Å². The van der Waals surface area contributed by atoms with E-state index >= 15 is 0 Å². The third kappa shape index (κ3) is 4.42. The van der Waals surface area contributed by atoms with Crippen LogP contribution in [-0.4, -0.2) is 28.8 Å². The Hall–Kier alpha value is -2.73. The number of hydrogen-bond donors (Lipinski definition) is 1. The van der Waals surface area contributed by atoms with E-state index in [-0.39, 0.29) is 11.6 Å². The molecule has 0 bridgehead atoms. The van der Waals surface area contributed by atoms with E-state index in [1.807, 2.05) is 32.0 Å². The summed E-state index contributed by atoms with van der Waals surface area (Å²) in [6, 6.07) is 12.0. The van der Waals surface area contributed by atoms with Crippen LogP contribution in [0.2, 0.25) is 0 Å². The van der Waals surface area contributed by atoms with Gasteiger partial charge in [0.05, 0.1) is 11.0 Å². The quantitative estimate of drug-likeness (QED) is 0.642. The highest BCUT2D eigenvalue weighted by Crippen LogP contribution is 2.22. The molecule has 0 aliphatic carbocycles. The molecule has 1 amide bonds. The maximum Gasteiger partial charge on any atom is 0.273 e. The van der Waals surface area contributed by atoms with E-state index in [4.69, 9.17) is 0 Å². The Kier molecular flexibility index (Phi) is 5.88. The van der Waals surface area contributed by atoms with Gasteiger partial charge in [-0.05, 0) is 38.9 Å². The van der Waals surface area contributed by atoms with Gasteiger partial charge in [-0.2, -0.15) is 0 Å². The van der Waals surface area contributed by atoms with Gasteiger partial charge in [-0.3, -0.25) is 19.8 Å². The SMILES string of the molecule is Cc1cccc(C)c1NC(=O)C(C)N(C)Cc1ccccc1[N+](=O)[O-]. The molecule has 0 fully saturated rings. The first kappa shape index (κ1) is 18.6. The van der Waals surface area contributed by atoms with Crippen LogP contribution >= 0.6 is 0 Å². The molecule has 2 aromatic carbocycles. The van der Waals surface area contributed by atoms with Crippen molar-refractivity contribution in [1.82, 2.24) is 4.90 Å². The molecule has 0 spiro atoms. The number of para-hydroxylation sites is 2. The van der Waals surface area contributed by atoms with Gasteiger partial charge in [-0.1, -0.05) is 36.4 Å². The number of carbonyl (C=O) groups excluding carboxylic acids is 1. The van der Waals surface area contributed by atoms with E-state index < -0.39 is 11.0 Å². The first-order valence-corrected chi connectivity index (χ1v) is 8.11. The lowest BCUT2D eigenvalue weighted by Gasteiger charge is -2.24. The maximum absolute atomic E-state index is 12.6. The number of amides is 1. The molecule has 132 valence electrons. The molecule has 0 saturated carbocycles. The number of likely N-dealkylation sites (N-methyl/N-ethyl adjacent to an activating group) is 1. The zero-order valence-electron chi connectivity index (χ0n) is 14.9. The molecule has 0 aliphatic heterocycles. The maximum atomic E-state index is 12.6. The molecule has 1 N–H and O–H groups in total. The number of anilines is 1. The molecule has 0 radical (unpaired) electrons. The third-order valence-electron chi connectivity index (χ3n) is 4.38. The van der Waals surface area contributed by atoms with E-state index in [1.54, 1.807) is 37.1 Å². The van der Waals surface area contributed by atoms with Gasteiger partial charge >= 0.3 is 0 Å². The fraction of sp³-hybridized carbons (Fsp3) is 0.316. The summed E-state index contributed by atoms with van der Waals surface area (Å²) in [5.41, 5.74) is 3.47. The predicted octanol–water partition coefficient (Wildman–Crippen LogP) is 3.67. The largest absolute Gasteiger partial charge is 0.324 e. The normalized spacial score (nSPS) is 12.0. The molecule has 6 nitrogen and oxygen atoms in total. The summed E-state index contributed by atoms with van der Waals surface area (Å²) in [7, 11) is 1.78. The minimum atomic E-state index is -0.432. The first-order valence-electron chi connectivity index (χ1n) is 8.11. The van der Waals surface area contributed by atoms with Crippen LogP contribution in [-0.2, 0) is 11.3 Å². The van der Waals surface area contributed by atoms with Gasteiger partial charge in [0.15, 0.2) is 0 Å². The van der Waals surface area contributed by atoms with Gasteiger partial charge in [0.2, 0.25) is 5.91 Å². The van der Waals surface area contributed by atoms with Crippen LogP contribution in [0.3, 0.4) is 0 Å². The highest BCUT2D eigenvalue weighted by molar-refractivity contribution is 5.95. The Morgan fingerprint density at radius 3 is 2.36 bits per heavy atom. The molecule has 6 heteroatoms. The Morgan fingerprint density at radius 1 is 1.16 bits per heavy atom. The summed E-state index contributed by atoms with van der Waals surface area (Å²) in [5, 5.41) is 14.1. The lowest BCUT2D eigenvalue weighted by Crippen LogP contribution is -2.39. The molecule has 0 aliphatic rings. The summed E-state index contributed by atoms with van der Waals surface area (Å²) in [6.45, 7) is 6.00. The summed E-state index contributed by atoms with van der Waals surface area (Å²) < 4.78 is 0. The van der Waals surface area contributed by atoms with E-state index in [0.717, 1.165) is 16.8 Å². The molecule has 0 saturated heterocycles. The van der Waals surface area contributed by atoms with Crippen molar-refractivity contribution in [3.8, 4) is 0 Å². The van der Waals surface area contributed by atoms with Crippen LogP contribution < -0.4 is 5.32 Å². The number of nitro benzene ring substituents is 1. The summed E-state index contributed by atoms with van der Waals surface area (Å²) >= 11 is 0. The molecule has 0 heterocycles. The molecule has 25 heavy (non-hydrogen) atoms. The number of hydrogen-bond acceptors (Lipinski definition) is 4. The van der Waals surface area contributed by atoms with Crippen LogP contribution in [0, 0.1) is 24.0 Å². The number of nitrogens with zero attached hydrogens (tertiary/aromatic N) is 2. The summed E-state index contributed by atoms with van der Waals surface area (Å²) in [5.74, 6) is -0.140. The summed E-state index contributed by atoms with van der Waals surface area (Å²) in [4.78, 5) is 25.1. The molecule has 0 aromatic heterocycles. The number of carbonyl (C=O) groups is 1. The molecule has 1 atom stereocenters. The van der Waals surface area contributed by atoms with Crippen molar-refractivity contribution in [2.75, 3.05) is 12.4 Å². The van der Waals surface area contributed by atoms with Gasteiger partial charge in [-0.15, -0.1) is 0 Å². The Morgan fingerprint density at radius 2 is 1.76 bits per heavy atom. The zero-order chi connectivity index (χ0) is 18.6. The van der Waals surface area contributed by atoms with Crippen molar-refractivity contribution in [2.45, 2.75) is 33.4 Å². The molecule has 1 unspecified atom stereocenters. The van der Waals surface area contributed by atoms with Crippen molar-refractivity contribution in [3.05, 3.63) is 69.3 Å². The fourth-order valence-electron chi connectivity index (χ4n) is 2.67. The lowest BCUT2D eigenvalue weighted by atomic mass is 10.1. The number of nitrogens with one attached hydrogen (secondary N) is 1. The number of benzene rings is 2. The highest BCUT2D eigenvalue weighted by atomic mass is 16.6. The van der Waals surface area contributed by atoms with Crippen molar-refractivity contribution in [2.24, 2.45) is 0 Å². The monoisotopic (exact) mass is 341 g/mol. The minimum Gasteiger partial charge on any atom is -0.324 e. The van der Waals surface area contributed by atoms with Crippen LogP contribution in [0.25, 0.3) is 0 Å². The van der Waals surface area contributed by atoms with E-state index in [1.165, 1.54) is 6.07 Å². The lowest BCUT2D eigenvalue weighted by molar-refractivity contribution is -0.385. The first-order chi connectivity index (χ1) is 11.8. The third-order valence-corrected chi connectivity index (χ3v) is 4.38. The Bertz CT molecular complexity index is 769. The van der Waals surface area contributed by atoms with Gasteiger partial charge in [0.1, 0.15) is 0 Å². The van der Waals surface area contributed by atoms with Crippen molar-refractivity contribution in [3.63, 3.8) is 0 Å². The average Bonchev–Trinajstić information content (AvgIpc) is 2.57. The van der Waals surface area contributed by atoms with Gasteiger partial charge in [0.25, 0.3) is 5.69 Å². The standard InChI is InChI=1S/C19H23N3O3/c1-13-8-7-9-14(2)18(13)20-19(23)15(3)21(4)12-16-10-5-6-11-17(16)22(24)25/h5-11,15H,12H2,1-4H3,(H,20,23). The second kappa shape index (κ2) is 7.90. The smallest absolute Gasteiger partial charge is 0.273 e. The topological polar surface area (TPSA) is 75.5 Å². The number of rotatable bonds is 6. The van der Waals surface area contributed by atoms with Crippen LogP contribution in [0.15, 0.2) is 42.5 Å². The molecule has 2 rings (SSSR count). The predicted molar refractivity (Wildman–Crippen MR) is 98.6 cm³/mol. The second-order valence-corrected chi connectivity index (χ2v) is 6.23. The molecular weight excluding hydrogens is 318 g/mol. The Balaban J connectivity index is 2.11. The fourth-order valence-corrected chi connectivity index (χ4v) is 2.67. The van der Waals surface area contributed by atoms with Crippen molar-refractivity contribution < 1.29 is 9.72 Å². The molecule has 2 aromatic rings. The van der Waals surface area contributed by atoms with Crippen LogP contribution in [0.1, 0.15) is 23.6 Å². The Labute approximate surface area is 147 Å². The van der Waals surface area contributed by atoms with Crippen LogP contribution in [0.4, 0.5) is 11.4 Å². The molecular formula is C19H23N3O3. The zero-order valence-corrected chi connectivity index (χ0v) is 14.9. The van der Waals surface area contributed by atoms with Crippen molar-refractivity contribution in [1.29, 1.82) is 0 Å². The van der Waals surface area contributed by atoms with Gasteiger partial charge in [-0.25, -0.2) is 0 Å². The number of aryl methyl sites for hydroxylation is 2. The second-order valence-electron chi connectivity index (χ2n) is 6.23.